The zero-order valence-electron chi connectivity index (χ0n) is 7.81. The molecule has 7 heteroatoms. The summed E-state index contributed by atoms with van der Waals surface area (Å²) in [5.41, 5.74) is -0.695. The molecule has 0 bridgehead atoms. The molecule has 0 aromatic heterocycles. The summed E-state index contributed by atoms with van der Waals surface area (Å²) in [6.45, 7) is 1.62. The Morgan fingerprint density at radius 3 is 3.07 bits per heavy atom. The molecule has 1 heterocycles. The van der Waals surface area contributed by atoms with Crippen LogP contribution in [0.2, 0.25) is 0 Å². The fraction of sp³-hybridized carbons (Fsp3) is 0.857. The predicted octanol–water partition coefficient (Wildman–Crippen LogP) is 0.438. The van der Waals surface area contributed by atoms with E-state index in [0.717, 1.165) is 7.00 Å². The molecule has 1 unspecified atom stereocenters. The van der Waals surface area contributed by atoms with Crippen LogP contribution in [0, 0.1) is 0 Å². The molecular formula is C7H10B2FO3S. The second kappa shape index (κ2) is 5.53. The zero-order valence-corrected chi connectivity index (χ0v) is 8.63. The quantitative estimate of drug-likeness (QED) is 0.503. The third-order valence-corrected chi connectivity index (χ3v) is 3.14. The van der Waals surface area contributed by atoms with Gasteiger partial charge in [-0.25, -0.2) is 0 Å². The molecule has 0 aliphatic carbocycles. The van der Waals surface area contributed by atoms with Gasteiger partial charge in [-0.1, -0.05) is 0 Å². The van der Waals surface area contributed by atoms with Crippen molar-refractivity contribution < 1.29 is 18.6 Å². The zero-order chi connectivity index (χ0) is 10.6. The van der Waals surface area contributed by atoms with Crippen molar-refractivity contribution in [2.24, 2.45) is 0 Å². The molecule has 0 N–H and O–H groups in total. The van der Waals surface area contributed by atoms with Gasteiger partial charge in [0.15, 0.2) is 0 Å². The standard InChI is InChI=1S/C7H10B2FO3S/c1-4(11)13-7-6(10)2-5(14-7)3-12-9-8/h5-7H,2-3H2,1H3/t5-,6-,7?/m0/s1. The Labute approximate surface area is 88.0 Å². The second-order valence-electron chi connectivity index (χ2n) is 2.96. The number of alkyl halides is 1. The molecule has 0 amide bonds. The van der Waals surface area contributed by atoms with E-state index in [1.54, 1.807) is 0 Å². The van der Waals surface area contributed by atoms with Crippen LogP contribution in [-0.2, 0) is 14.2 Å². The summed E-state index contributed by atoms with van der Waals surface area (Å²) in [5.74, 6) is -0.461. The van der Waals surface area contributed by atoms with Gasteiger partial charge in [0, 0.05) is 0 Å². The molecule has 1 aliphatic heterocycles. The first-order valence-electron chi connectivity index (χ1n) is 4.25. The van der Waals surface area contributed by atoms with E-state index >= 15 is 0 Å². The first-order valence-corrected chi connectivity index (χ1v) is 5.19. The molecule has 14 heavy (non-hydrogen) atoms. The maximum absolute atomic E-state index is 13.2. The van der Waals surface area contributed by atoms with E-state index in [1.807, 2.05) is 0 Å². The Kier molecular flexibility index (Phi) is 4.65. The van der Waals surface area contributed by atoms with Crippen molar-refractivity contribution in [3.8, 4) is 0 Å². The van der Waals surface area contributed by atoms with Gasteiger partial charge < -0.3 is 0 Å². The van der Waals surface area contributed by atoms with Crippen LogP contribution < -0.4 is 0 Å². The van der Waals surface area contributed by atoms with E-state index in [0.29, 0.717) is 13.0 Å². The third kappa shape index (κ3) is 3.44. The molecule has 75 valence electrons. The summed E-state index contributed by atoms with van der Waals surface area (Å²) < 4.78 is 22.9. The van der Waals surface area contributed by atoms with Crippen molar-refractivity contribution in [1.82, 2.24) is 0 Å². The number of carbonyl (C=O) groups is 1. The van der Waals surface area contributed by atoms with Crippen molar-refractivity contribution in [2.75, 3.05) is 6.61 Å². The number of thioether (sulfide) groups is 1. The molecule has 1 rings (SSSR count). The topological polar surface area (TPSA) is 35.5 Å². The Bertz CT molecular complexity index is 229. The molecule has 1 aliphatic rings. The number of hydrogen-bond acceptors (Lipinski definition) is 4. The number of esters is 1. The molecule has 1 saturated heterocycles. The Balaban J connectivity index is 2.34. The van der Waals surface area contributed by atoms with Gasteiger partial charge in [0.25, 0.3) is 0 Å². The van der Waals surface area contributed by atoms with Crippen LogP contribution in [0.3, 0.4) is 0 Å². The van der Waals surface area contributed by atoms with E-state index in [4.69, 9.17) is 16.8 Å². The first-order chi connectivity index (χ1) is 6.63. The minimum atomic E-state index is -1.12. The van der Waals surface area contributed by atoms with Crippen molar-refractivity contribution >= 4 is 32.1 Å². The van der Waals surface area contributed by atoms with Crippen LogP contribution in [0.5, 0.6) is 0 Å². The molecule has 1 radical (unpaired) electrons. The van der Waals surface area contributed by atoms with Gasteiger partial charge >= 0.3 is 87.5 Å². The number of rotatable bonds is 4. The summed E-state index contributed by atoms with van der Waals surface area (Å²) >= 11 is 1.27. The average molecular weight is 215 g/mol. The third-order valence-electron chi connectivity index (χ3n) is 1.77. The molecule has 0 saturated carbocycles. The van der Waals surface area contributed by atoms with Crippen LogP contribution in [0.25, 0.3) is 0 Å². The van der Waals surface area contributed by atoms with Gasteiger partial charge in [0.1, 0.15) is 0 Å². The van der Waals surface area contributed by atoms with Crippen LogP contribution in [0.15, 0.2) is 0 Å². The van der Waals surface area contributed by atoms with Gasteiger partial charge in [-0.2, -0.15) is 0 Å². The molecule has 0 spiro atoms. The van der Waals surface area contributed by atoms with Gasteiger partial charge in [-0.05, 0) is 0 Å². The fourth-order valence-electron chi connectivity index (χ4n) is 1.23. The van der Waals surface area contributed by atoms with Crippen LogP contribution in [0.4, 0.5) is 4.39 Å². The van der Waals surface area contributed by atoms with Gasteiger partial charge in [-0.3, -0.25) is 0 Å². The number of carbonyl (C=O) groups excluding carboxylic acids is 1. The molecule has 3 atom stereocenters. The molecule has 1 fully saturated rings. The maximum atomic E-state index is 13.2. The number of halogens is 1. The Morgan fingerprint density at radius 2 is 2.50 bits per heavy atom. The predicted molar refractivity (Wildman–Crippen MR) is 53.9 cm³/mol. The van der Waals surface area contributed by atoms with Crippen molar-refractivity contribution in [3.05, 3.63) is 0 Å². The summed E-state index contributed by atoms with van der Waals surface area (Å²) in [6, 6.07) is 0. The number of hydrogen-bond donors (Lipinski definition) is 0. The van der Waals surface area contributed by atoms with E-state index < -0.39 is 17.6 Å². The van der Waals surface area contributed by atoms with Crippen molar-refractivity contribution in [1.29, 1.82) is 0 Å². The van der Waals surface area contributed by atoms with Gasteiger partial charge in [-0.15, -0.1) is 0 Å². The molecule has 0 aromatic rings. The van der Waals surface area contributed by atoms with Crippen molar-refractivity contribution in [3.63, 3.8) is 0 Å². The Hall–Kier alpha value is -0.320. The number of ether oxygens (including phenoxy) is 1. The van der Waals surface area contributed by atoms with Crippen LogP contribution in [0.1, 0.15) is 13.3 Å². The summed E-state index contributed by atoms with van der Waals surface area (Å²) in [6.07, 6.45) is -0.786. The van der Waals surface area contributed by atoms with Gasteiger partial charge in [0.2, 0.25) is 0 Å². The van der Waals surface area contributed by atoms with Crippen LogP contribution in [-0.4, -0.2) is 43.8 Å². The summed E-state index contributed by atoms with van der Waals surface area (Å²) in [4.78, 5) is 10.6. The van der Waals surface area contributed by atoms with E-state index in [-0.39, 0.29) is 5.25 Å². The average Bonchev–Trinajstić information content (AvgIpc) is 2.43. The fourth-order valence-corrected chi connectivity index (χ4v) is 2.53. The molecule has 3 nitrogen and oxygen atoms in total. The van der Waals surface area contributed by atoms with E-state index in [2.05, 4.69) is 0 Å². The summed E-state index contributed by atoms with van der Waals surface area (Å²) in [5, 5.41) is -0.00542. The first kappa shape index (κ1) is 11.8. The molecular weight excluding hydrogens is 205 g/mol. The normalized spacial score (nSPS) is 30.8. The summed E-state index contributed by atoms with van der Waals surface area (Å²) in [7, 11) is 6.10. The Morgan fingerprint density at radius 1 is 1.79 bits per heavy atom. The second-order valence-corrected chi connectivity index (χ2v) is 4.36. The monoisotopic (exact) mass is 215 g/mol. The van der Waals surface area contributed by atoms with E-state index in [1.165, 1.54) is 18.7 Å². The van der Waals surface area contributed by atoms with E-state index in [9.17, 15) is 9.18 Å². The SMILES string of the molecule is [B]=BOC[C@@H]1C[C@H](F)C(OC(C)=O)S1. The van der Waals surface area contributed by atoms with Crippen molar-refractivity contribution in [2.45, 2.75) is 30.2 Å². The van der Waals surface area contributed by atoms with Crippen LogP contribution >= 0.6 is 11.8 Å². The minimum absolute atomic E-state index is 0.00542. The molecule has 0 aromatic carbocycles. The van der Waals surface area contributed by atoms with Gasteiger partial charge in [0.05, 0.1) is 0 Å².